The molecule has 2 rings (SSSR count). The number of carbonyl (C=O) groups excluding carboxylic acids is 1. The van der Waals surface area contributed by atoms with Crippen LogP contribution >= 0.6 is 0 Å². The summed E-state index contributed by atoms with van der Waals surface area (Å²) in [5.74, 6) is -0.831. The molecule has 7 heteroatoms. The van der Waals surface area contributed by atoms with Crippen LogP contribution in [0.25, 0.3) is 0 Å². The fourth-order valence-electron chi connectivity index (χ4n) is 1.97. The number of hydrogen-bond donors (Lipinski definition) is 0. The quantitative estimate of drug-likeness (QED) is 0.798. The van der Waals surface area contributed by atoms with E-state index in [1.54, 1.807) is 0 Å². The standard InChI is InChI=1S/C12H13F3O4/c1-7-8(4-6-17-7)11(16)19-10(12(13,14)15)9-3-2-5-18-9/h4,6,9-10H,2-3,5H2,1H3/t9-,10-/m0/s1. The SMILES string of the molecule is Cc1occc1C(=O)O[C@@H]([C@@H]1CCCO1)C(F)(F)F. The molecule has 0 spiro atoms. The third kappa shape index (κ3) is 3.09. The third-order valence-electron chi connectivity index (χ3n) is 2.94. The molecule has 0 aliphatic carbocycles. The molecular formula is C12H13F3O4. The summed E-state index contributed by atoms with van der Waals surface area (Å²) in [5, 5.41) is 0. The highest BCUT2D eigenvalue weighted by Crippen LogP contribution is 2.32. The van der Waals surface area contributed by atoms with Crippen molar-refractivity contribution in [3.8, 4) is 0 Å². The second-order valence-electron chi connectivity index (χ2n) is 4.31. The Kier molecular flexibility index (Phi) is 3.84. The van der Waals surface area contributed by atoms with E-state index in [-0.39, 0.29) is 24.4 Å². The van der Waals surface area contributed by atoms with Crippen LogP contribution in [0, 0.1) is 6.92 Å². The van der Waals surface area contributed by atoms with E-state index >= 15 is 0 Å². The average Bonchev–Trinajstić information content (AvgIpc) is 2.94. The predicted octanol–water partition coefficient (Wildman–Crippen LogP) is 2.85. The van der Waals surface area contributed by atoms with Crippen molar-refractivity contribution in [1.29, 1.82) is 0 Å². The van der Waals surface area contributed by atoms with E-state index in [1.807, 2.05) is 0 Å². The summed E-state index contributed by atoms with van der Waals surface area (Å²) in [7, 11) is 0. The van der Waals surface area contributed by atoms with Gasteiger partial charge >= 0.3 is 12.1 Å². The van der Waals surface area contributed by atoms with Gasteiger partial charge in [0.1, 0.15) is 17.4 Å². The van der Waals surface area contributed by atoms with Gasteiger partial charge in [-0.05, 0) is 25.8 Å². The zero-order valence-corrected chi connectivity index (χ0v) is 10.2. The number of carbonyl (C=O) groups is 1. The normalized spacial score (nSPS) is 21.4. The first kappa shape index (κ1) is 13.9. The van der Waals surface area contributed by atoms with Gasteiger partial charge in [0, 0.05) is 6.61 Å². The zero-order valence-electron chi connectivity index (χ0n) is 10.2. The Morgan fingerprint density at radius 1 is 1.53 bits per heavy atom. The van der Waals surface area contributed by atoms with Crippen LogP contribution in [0.3, 0.4) is 0 Å². The van der Waals surface area contributed by atoms with Crippen molar-refractivity contribution >= 4 is 5.97 Å². The molecule has 0 radical (unpaired) electrons. The molecule has 0 amide bonds. The van der Waals surface area contributed by atoms with Gasteiger partial charge in [0.05, 0.1) is 6.26 Å². The maximum absolute atomic E-state index is 12.9. The van der Waals surface area contributed by atoms with Crippen LogP contribution in [-0.4, -0.2) is 31.0 Å². The van der Waals surface area contributed by atoms with Crippen LogP contribution in [-0.2, 0) is 9.47 Å². The molecule has 2 heterocycles. The second kappa shape index (κ2) is 5.24. The molecule has 1 aromatic rings. The third-order valence-corrected chi connectivity index (χ3v) is 2.94. The van der Waals surface area contributed by atoms with Crippen LogP contribution in [0.2, 0.25) is 0 Å². The van der Waals surface area contributed by atoms with E-state index in [2.05, 4.69) is 4.74 Å². The first-order valence-electron chi connectivity index (χ1n) is 5.83. The first-order chi connectivity index (χ1) is 8.89. The molecule has 0 bridgehead atoms. The lowest BCUT2D eigenvalue weighted by Gasteiger charge is -2.25. The number of rotatable bonds is 3. The largest absolute Gasteiger partial charge is 0.469 e. The minimum absolute atomic E-state index is 0.00718. The number of ether oxygens (including phenoxy) is 2. The van der Waals surface area contributed by atoms with Crippen LogP contribution in [0.15, 0.2) is 16.7 Å². The van der Waals surface area contributed by atoms with Gasteiger partial charge in [0.25, 0.3) is 0 Å². The summed E-state index contributed by atoms with van der Waals surface area (Å²) in [5.41, 5.74) is -0.00718. The van der Waals surface area contributed by atoms with Gasteiger partial charge in [-0.2, -0.15) is 13.2 Å². The van der Waals surface area contributed by atoms with Crippen molar-refractivity contribution in [3.05, 3.63) is 23.7 Å². The molecule has 1 saturated heterocycles. The number of halogens is 3. The van der Waals surface area contributed by atoms with Crippen molar-refractivity contribution in [1.82, 2.24) is 0 Å². The summed E-state index contributed by atoms with van der Waals surface area (Å²) in [6.07, 6.45) is -6.04. The zero-order chi connectivity index (χ0) is 14.0. The predicted molar refractivity (Wildman–Crippen MR) is 57.7 cm³/mol. The van der Waals surface area contributed by atoms with Gasteiger partial charge in [0.15, 0.2) is 0 Å². The fraction of sp³-hybridized carbons (Fsp3) is 0.583. The van der Waals surface area contributed by atoms with Gasteiger partial charge in [-0.1, -0.05) is 0 Å². The Labute approximate surface area is 107 Å². The first-order valence-corrected chi connectivity index (χ1v) is 5.83. The summed E-state index contributed by atoms with van der Waals surface area (Å²) >= 11 is 0. The van der Waals surface area contributed by atoms with Crippen molar-refractivity contribution in [3.63, 3.8) is 0 Å². The Morgan fingerprint density at radius 3 is 2.74 bits per heavy atom. The molecule has 1 aliphatic rings. The summed E-state index contributed by atoms with van der Waals surface area (Å²) in [6, 6.07) is 1.28. The highest BCUT2D eigenvalue weighted by molar-refractivity contribution is 5.90. The number of hydrogen-bond acceptors (Lipinski definition) is 4. The lowest BCUT2D eigenvalue weighted by atomic mass is 10.1. The molecule has 1 aliphatic heterocycles. The molecule has 0 unspecified atom stereocenters. The number of alkyl halides is 3. The molecule has 0 saturated carbocycles. The van der Waals surface area contributed by atoms with Gasteiger partial charge in [-0.3, -0.25) is 0 Å². The van der Waals surface area contributed by atoms with Crippen LogP contribution in [0.5, 0.6) is 0 Å². The number of furan rings is 1. The molecule has 2 atom stereocenters. The van der Waals surface area contributed by atoms with Crippen molar-refractivity contribution in [2.45, 2.75) is 38.1 Å². The lowest BCUT2D eigenvalue weighted by molar-refractivity contribution is -0.230. The Balaban J connectivity index is 2.12. The topological polar surface area (TPSA) is 48.7 Å². The molecular weight excluding hydrogens is 265 g/mol. The smallest absolute Gasteiger partial charge is 0.428 e. The molecule has 1 fully saturated rings. The maximum Gasteiger partial charge on any atom is 0.428 e. The minimum atomic E-state index is -4.65. The average molecular weight is 278 g/mol. The Hall–Kier alpha value is -1.50. The highest BCUT2D eigenvalue weighted by atomic mass is 19.4. The summed E-state index contributed by atoms with van der Waals surface area (Å²) in [4.78, 5) is 11.7. The molecule has 0 N–H and O–H groups in total. The van der Waals surface area contributed by atoms with Crippen molar-refractivity contribution in [2.24, 2.45) is 0 Å². The molecule has 1 aromatic heterocycles. The Morgan fingerprint density at radius 2 is 2.26 bits per heavy atom. The fourth-order valence-corrected chi connectivity index (χ4v) is 1.97. The maximum atomic E-state index is 12.9. The van der Waals surface area contributed by atoms with E-state index < -0.39 is 24.4 Å². The van der Waals surface area contributed by atoms with Gasteiger partial charge in [-0.15, -0.1) is 0 Å². The molecule has 19 heavy (non-hydrogen) atoms. The lowest BCUT2D eigenvalue weighted by Crippen LogP contribution is -2.43. The summed E-state index contributed by atoms with van der Waals surface area (Å²) < 4.78 is 53.1. The van der Waals surface area contributed by atoms with Crippen LogP contribution < -0.4 is 0 Å². The van der Waals surface area contributed by atoms with Crippen LogP contribution in [0.1, 0.15) is 29.0 Å². The van der Waals surface area contributed by atoms with E-state index in [9.17, 15) is 18.0 Å². The van der Waals surface area contributed by atoms with Gasteiger partial charge < -0.3 is 13.9 Å². The highest BCUT2D eigenvalue weighted by Gasteiger charge is 2.49. The van der Waals surface area contributed by atoms with E-state index in [1.165, 1.54) is 19.3 Å². The minimum Gasteiger partial charge on any atom is -0.469 e. The molecule has 0 aromatic carbocycles. The van der Waals surface area contributed by atoms with E-state index in [0.717, 1.165) is 0 Å². The number of esters is 1. The van der Waals surface area contributed by atoms with Gasteiger partial charge in [-0.25, -0.2) is 4.79 Å². The van der Waals surface area contributed by atoms with E-state index in [0.29, 0.717) is 6.42 Å². The number of aryl methyl sites for hydroxylation is 1. The van der Waals surface area contributed by atoms with Crippen LogP contribution in [0.4, 0.5) is 13.2 Å². The summed E-state index contributed by atoms with van der Waals surface area (Å²) in [6.45, 7) is 1.73. The Bertz CT molecular complexity index is 446. The van der Waals surface area contributed by atoms with E-state index in [4.69, 9.17) is 9.15 Å². The monoisotopic (exact) mass is 278 g/mol. The van der Waals surface area contributed by atoms with Crippen molar-refractivity contribution < 1.29 is 31.9 Å². The second-order valence-corrected chi connectivity index (χ2v) is 4.31. The molecule has 4 nitrogen and oxygen atoms in total. The van der Waals surface area contributed by atoms with Gasteiger partial charge in [0.2, 0.25) is 6.10 Å². The molecule has 106 valence electrons. The van der Waals surface area contributed by atoms with Crippen molar-refractivity contribution in [2.75, 3.05) is 6.61 Å².